The highest BCUT2D eigenvalue weighted by atomic mass is 16.6. The van der Waals surface area contributed by atoms with Crippen molar-refractivity contribution in [3.63, 3.8) is 0 Å². The standard InChI is InChI=1S/C16H16O2/c1-11-4-3-5-14(12(11)2)13-6-7-15-16(10-13)18-9-8-17-15/h3-7,10H,8-9H2,1-2H3. The Morgan fingerprint density at radius 2 is 1.67 bits per heavy atom. The molecule has 0 spiro atoms. The summed E-state index contributed by atoms with van der Waals surface area (Å²) in [6.45, 7) is 5.55. The van der Waals surface area contributed by atoms with Gasteiger partial charge in [0.1, 0.15) is 13.2 Å². The van der Waals surface area contributed by atoms with Crippen LogP contribution < -0.4 is 9.47 Å². The minimum Gasteiger partial charge on any atom is -0.486 e. The molecule has 0 aliphatic carbocycles. The Bertz CT molecular complexity index is 588. The van der Waals surface area contributed by atoms with E-state index in [1.807, 2.05) is 6.07 Å². The van der Waals surface area contributed by atoms with Gasteiger partial charge < -0.3 is 9.47 Å². The van der Waals surface area contributed by atoms with E-state index in [0.717, 1.165) is 11.5 Å². The van der Waals surface area contributed by atoms with Gasteiger partial charge in [0.15, 0.2) is 11.5 Å². The molecule has 92 valence electrons. The van der Waals surface area contributed by atoms with Crippen LogP contribution in [-0.4, -0.2) is 13.2 Å². The maximum atomic E-state index is 5.63. The summed E-state index contributed by atoms with van der Waals surface area (Å²) in [5.41, 5.74) is 5.06. The average Bonchev–Trinajstić information content (AvgIpc) is 2.41. The molecule has 1 heterocycles. The smallest absolute Gasteiger partial charge is 0.161 e. The molecule has 3 rings (SSSR count). The molecule has 1 aliphatic heterocycles. The van der Waals surface area contributed by atoms with Gasteiger partial charge in [-0.2, -0.15) is 0 Å². The number of ether oxygens (including phenoxy) is 2. The summed E-state index contributed by atoms with van der Waals surface area (Å²) in [5.74, 6) is 1.69. The number of rotatable bonds is 1. The molecular weight excluding hydrogens is 224 g/mol. The summed E-state index contributed by atoms with van der Waals surface area (Å²) in [7, 11) is 0. The summed E-state index contributed by atoms with van der Waals surface area (Å²) in [6.07, 6.45) is 0. The zero-order valence-electron chi connectivity index (χ0n) is 10.7. The Hall–Kier alpha value is -1.96. The highest BCUT2D eigenvalue weighted by Crippen LogP contribution is 2.35. The van der Waals surface area contributed by atoms with E-state index in [0.29, 0.717) is 13.2 Å². The predicted molar refractivity (Wildman–Crippen MR) is 72.3 cm³/mol. The first-order valence-corrected chi connectivity index (χ1v) is 6.22. The van der Waals surface area contributed by atoms with Crippen LogP contribution in [0.3, 0.4) is 0 Å². The zero-order chi connectivity index (χ0) is 12.5. The Labute approximate surface area is 107 Å². The van der Waals surface area contributed by atoms with Crippen molar-refractivity contribution in [2.24, 2.45) is 0 Å². The van der Waals surface area contributed by atoms with Crippen LogP contribution in [0, 0.1) is 13.8 Å². The lowest BCUT2D eigenvalue weighted by atomic mass is 9.97. The van der Waals surface area contributed by atoms with Crippen molar-refractivity contribution in [1.29, 1.82) is 0 Å². The molecule has 2 aromatic rings. The van der Waals surface area contributed by atoms with E-state index in [2.05, 4.69) is 44.2 Å². The first-order valence-electron chi connectivity index (χ1n) is 6.22. The van der Waals surface area contributed by atoms with Gasteiger partial charge in [-0.05, 0) is 48.2 Å². The quantitative estimate of drug-likeness (QED) is 0.756. The number of hydrogen-bond donors (Lipinski definition) is 0. The highest BCUT2D eigenvalue weighted by molar-refractivity contribution is 5.71. The van der Waals surface area contributed by atoms with Crippen molar-refractivity contribution in [2.45, 2.75) is 13.8 Å². The van der Waals surface area contributed by atoms with E-state index in [9.17, 15) is 0 Å². The minimum absolute atomic E-state index is 0.628. The Balaban J connectivity index is 2.09. The van der Waals surface area contributed by atoms with E-state index in [4.69, 9.17) is 9.47 Å². The Kier molecular flexibility index (Phi) is 2.71. The van der Waals surface area contributed by atoms with Gasteiger partial charge in [-0.1, -0.05) is 24.3 Å². The average molecular weight is 240 g/mol. The van der Waals surface area contributed by atoms with Gasteiger partial charge in [0.25, 0.3) is 0 Å². The number of hydrogen-bond acceptors (Lipinski definition) is 2. The van der Waals surface area contributed by atoms with Crippen LogP contribution in [0.5, 0.6) is 11.5 Å². The molecule has 0 radical (unpaired) electrons. The van der Waals surface area contributed by atoms with Crippen LogP contribution in [0.2, 0.25) is 0 Å². The first-order chi connectivity index (χ1) is 8.75. The lowest BCUT2D eigenvalue weighted by molar-refractivity contribution is 0.171. The zero-order valence-corrected chi connectivity index (χ0v) is 10.7. The van der Waals surface area contributed by atoms with Crippen LogP contribution in [0.25, 0.3) is 11.1 Å². The van der Waals surface area contributed by atoms with Crippen molar-refractivity contribution in [3.05, 3.63) is 47.5 Å². The normalized spacial score (nSPS) is 13.4. The van der Waals surface area contributed by atoms with E-state index in [1.165, 1.54) is 22.3 Å². The van der Waals surface area contributed by atoms with Crippen molar-refractivity contribution in [1.82, 2.24) is 0 Å². The van der Waals surface area contributed by atoms with E-state index >= 15 is 0 Å². The van der Waals surface area contributed by atoms with Crippen molar-refractivity contribution < 1.29 is 9.47 Å². The molecule has 0 aromatic heterocycles. The summed E-state index contributed by atoms with van der Waals surface area (Å²) < 4.78 is 11.2. The van der Waals surface area contributed by atoms with E-state index < -0.39 is 0 Å². The fourth-order valence-corrected chi connectivity index (χ4v) is 2.27. The molecule has 0 unspecified atom stereocenters. The van der Waals surface area contributed by atoms with Crippen molar-refractivity contribution in [2.75, 3.05) is 13.2 Å². The fraction of sp³-hybridized carbons (Fsp3) is 0.250. The van der Waals surface area contributed by atoms with Crippen molar-refractivity contribution >= 4 is 0 Å². The third-order valence-electron chi connectivity index (χ3n) is 3.46. The summed E-state index contributed by atoms with van der Waals surface area (Å²) in [4.78, 5) is 0. The lowest BCUT2D eigenvalue weighted by Gasteiger charge is -2.19. The molecule has 0 saturated heterocycles. The SMILES string of the molecule is Cc1cccc(-c2ccc3c(c2)OCCO3)c1C. The van der Waals surface area contributed by atoms with Gasteiger partial charge >= 0.3 is 0 Å². The Morgan fingerprint density at radius 3 is 2.50 bits per heavy atom. The highest BCUT2D eigenvalue weighted by Gasteiger charge is 2.13. The maximum Gasteiger partial charge on any atom is 0.161 e. The molecule has 2 nitrogen and oxygen atoms in total. The molecule has 0 N–H and O–H groups in total. The molecule has 0 saturated carbocycles. The number of fused-ring (bicyclic) bond motifs is 1. The molecule has 18 heavy (non-hydrogen) atoms. The molecule has 0 bridgehead atoms. The van der Waals surface area contributed by atoms with Gasteiger partial charge in [-0.25, -0.2) is 0 Å². The molecule has 0 atom stereocenters. The van der Waals surface area contributed by atoms with Crippen LogP contribution in [0.4, 0.5) is 0 Å². The van der Waals surface area contributed by atoms with E-state index in [1.54, 1.807) is 0 Å². The maximum absolute atomic E-state index is 5.63. The minimum atomic E-state index is 0.628. The molecule has 2 aromatic carbocycles. The van der Waals surface area contributed by atoms with Crippen molar-refractivity contribution in [3.8, 4) is 22.6 Å². The largest absolute Gasteiger partial charge is 0.486 e. The van der Waals surface area contributed by atoms with Gasteiger partial charge in [-0.3, -0.25) is 0 Å². The number of aryl methyl sites for hydroxylation is 1. The Morgan fingerprint density at radius 1 is 0.889 bits per heavy atom. The predicted octanol–water partition coefficient (Wildman–Crippen LogP) is 3.74. The molecule has 0 amide bonds. The first kappa shape index (κ1) is 11.1. The van der Waals surface area contributed by atoms with E-state index in [-0.39, 0.29) is 0 Å². The fourth-order valence-electron chi connectivity index (χ4n) is 2.27. The second-order valence-corrected chi connectivity index (χ2v) is 4.61. The monoisotopic (exact) mass is 240 g/mol. The van der Waals surface area contributed by atoms with Gasteiger partial charge in [0.2, 0.25) is 0 Å². The molecular formula is C16H16O2. The van der Waals surface area contributed by atoms with Gasteiger partial charge in [-0.15, -0.1) is 0 Å². The molecule has 2 heteroatoms. The number of benzene rings is 2. The molecule has 1 aliphatic rings. The second-order valence-electron chi connectivity index (χ2n) is 4.61. The van der Waals surface area contributed by atoms with Crippen LogP contribution in [-0.2, 0) is 0 Å². The summed E-state index contributed by atoms with van der Waals surface area (Å²) in [6, 6.07) is 12.5. The van der Waals surface area contributed by atoms with Crippen LogP contribution in [0.15, 0.2) is 36.4 Å². The lowest BCUT2D eigenvalue weighted by Crippen LogP contribution is -2.15. The third-order valence-corrected chi connectivity index (χ3v) is 3.46. The topological polar surface area (TPSA) is 18.5 Å². The van der Waals surface area contributed by atoms with Gasteiger partial charge in [0.05, 0.1) is 0 Å². The third kappa shape index (κ3) is 1.84. The second kappa shape index (κ2) is 4.37. The van der Waals surface area contributed by atoms with Crippen LogP contribution in [0.1, 0.15) is 11.1 Å². The van der Waals surface area contributed by atoms with Crippen LogP contribution >= 0.6 is 0 Å². The van der Waals surface area contributed by atoms with Gasteiger partial charge in [0, 0.05) is 0 Å². The summed E-state index contributed by atoms with van der Waals surface area (Å²) in [5, 5.41) is 0. The molecule has 0 fully saturated rings. The summed E-state index contributed by atoms with van der Waals surface area (Å²) >= 11 is 0.